The maximum Gasteiger partial charge on any atom is 0.0190 e. The Bertz CT molecular complexity index is 333. The summed E-state index contributed by atoms with van der Waals surface area (Å²) in [5, 5.41) is 13.0. The lowest BCUT2D eigenvalue weighted by Gasteiger charge is -2.21. The summed E-state index contributed by atoms with van der Waals surface area (Å²) in [5.74, 6) is 0. The van der Waals surface area contributed by atoms with Crippen LogP contribution in [0.25, 0.3) is 0 Å². The second kappa shape index (κ2) is 43.7. The molecule has 0 aromatic heterocycles. The van der Waals surface area contributed by atoms with Gasteiger partial charge in [-0.15, -0.1) is 0 Å². The Hall–Kier alpha value is -0.360. The van der Waals surface area contributed by atoms with Gasteiger partial charge < -0.3 is 49.9 Å². The third-order valence-electron chi connectivity index (χ3n) is 6.22. The second-order valence-electron chi connectivity index (χ2n) is 10.0. The van der Waals surface area contributed by atoms with Gasteiger partial charge in [-0.25, -0.2) is 0 Å². The molecule has 38 heavy (non-hydrogen) atoms. The Morgan fingerprint density at radius 2 is 1.11 bits per heavy atom. The molecule has 0 aliphatic carbocycles. The van der Waals surface area contributed by atoms with Crippen LogP contribution in [0, 0.1) is 0 Å². The lowest BCUT2D eigenvalue weighted by atomic mass is 10.1. The molecule has 1 rings (SSSR count). The number of nitrogens with one attached hydrogen (secondary N) is 4. The number of unbranched alkanes of at least 4 members (excludes halogenated alkanes) is 8. The first-order valence-corrected chi connectivity index (χ1v) is 16.0. The van der Waals surface area contributed by atoms with E-state index in [1.165, 1.54) is 90.0 Å². The van der Waals surface area contributed by atoms with Crippen LogP contribution in [0.2, 0.25) is 0 Å². The van der Waals surface area contributed by atoms with E-state index < -0.39 is 0 Å². The first-order chi connectivity index (χ1) is 18.7. The number of nitrogens with two attached hydrogens (primary N) is 5. The summed E-state index contributed by atoms with van der Waals surface area (Å²) in [4.78, 5) is 0. The van der Waals surface area contributed by atoms with E-state index in [-0.39, 0.29) is 0 Å². The molecule has 1 aliphatic heterocycles. The maximum atomic E-state index is 5.44. The van der Waals surface area contributed by atoms with Crippen molar-refractivity contribution in [3.8, 4) is 0 Å². The van der Waals surface area contributed by atoms with Crippen molar-refractivity contribution in [2.75, 3.05) is 79.0 Å². The molecule has 1 atom stereocenters. The highest BCUT2D eigenvalue weighted by Crippen LogP contribution is 2.04. The average Bonchev–Trinajstić information content (AvgIpc) is 2.96. The molecule has 0 saturated carbocycles. The highest BCUT2D eigenvalue weighted by atomic mass is 14.9. The molecule has 1 unspecified atom stereocenters. The van der Waals surface area contributed by atoms with E-state index in [9.17, 15) is 0 Å². The minimum atomic E-state index is 0.615. The Labute approximate surface area is 238 Å². The summed E-state index contributed by atoms with van der Waals surface area (Å²) in [6, 6.07) is 0.615. The van der Waals surface area contributed by atoms with Crippen molar-refractivity contribution in [2.24, 2.45) is 28.7 Å². The van der Waals surface area contributed by atoms with Crippen molar-refractivity contribution in [2.45, 2.75) is 109 Å². The molecule has 0 bridgehead atoms. The molecule has 0 spiro atoms. The van der Waals surface area contributed by atoms with Crippen LogP contribution in [-0.2, 0) is 0 Å². The Morgan fingerprint density at radius 3 is 1.53 bits per heavy atom. The van der Waals surface area contributed by atoms with E-state index in [4.69, 9.17) is 28.7 Å². The van der Waals surface area contributed by atoms with Gasteiger partial charge >= 0.3 is 0 Å². The minimum absolute atomic E-state index is 0.615. The maximum absolute atomic E-state index is 5.44. The zero-order valence-corrected chi connectivity index (χ0v) is 25.8. The predicted octanol–water partition coefficient (Wildman–Crippen LogP) is 1.98. The average molecular weight is 548 g/mol. The van der Waals surface area contributed by atoms with Crippen molar-refractivity contribution in [1.29, 1.82) is 0 Å². The largest absolute Gasteiger partial charge is 0.330 e. The fourth-order valence-electron chi connectivity index (χ4n) is 3.73. The van der Waals surface area contributed by atoms with Crippen LogP contribution in [0.15, 0.2) is 0 Å². The summed E-state index contributed by atoms with van der Waals surface area (Å²) in [6.07, 6.45) is 19.1. The molecule has 0 aromatic carbocycles. The van der Waals surface area contributed by atoms with Gasteiger partial charge in [-0.3, -0.25) is 0 Å². The molecule has 1 aliphatic rings. The molecule has 234 valence electrons. The SMILES string of the molecule is CCCCNC.NCC1CCCCN1.NCCCCCCCCNCCCN.NCCCCCNCCN. The molecule has 14 N–H and O–H groups in total. The van der Waals surface area contributed by atoms with E-state index in [1.54, 1.807) is 0 Å². The summed E-state index contributed by atoms with van der Waals surface area (Å²) >= 11 is 0. The van der Waals surface area contributed by atoms with E-state index in [1.807, 2.05) is 7.05 Å². The van der Waals surface area contributed by atoms with Crippen LogP contribution in [-0.4, -0.2) is 85.1 Å². The third kappa shape index (κ3) is 45.6. The standard InChI is InChI=1S/C11H27N3.C7H19N3.C6H14N2.C5H13N/c12-8-5-3-1-2-4-6-10-14-11-7-9-13;8-4-2-1-3-6-10-7-5-9;7-5-6-3-1-2-4-8-6;1-3-4-5-6-2/h14H,1-13H2;10H,1-9H2;6,8H,1-5,7H2;6H,3-5H2,1-2H3. The third-order valence-corrected chi connectivity index (χ3v) is 6.22. The van der Waals surface area contributed by atoms with E-state index in [0.717, 1.165) is 78.3 Å². The summed E-state index contributed by atoms with van der Waals surface area (Å²) in [5.41, 5.74) is 26.9. The zero-order chi connectivity index (χ0) is 28.8. The smallest absolute Gasteiger partial charge is 0.0190 e. The van der Waals surface area contributed by atoms with Crippen LogP contribution in [0.3, 0.4) is 0 Å². The van der Waals surface area contributed by atoms with E-state index >= 15 is 0 Å². The number of piperidine rings is 1. The van der Waals surface area contributed by atoms with Crippen molar-refractivity contribution in [3.63, 3.8) is 0 Å². The Balaban J connectivity index is -0.000000450. The second-order valence-corrected chi connectivity index (χ2v) is 10.0. The molecule has 0 aromatic rings. The normalized spacial score (nSPS) is 14.4. The number of rotatable bonds is 22. The minimum Gasteiger partial charge on any atom is -0.330 e. The zero-order valence-electron chi connectivity index (χ0n) is 25.8. The van der Waals surface area contributed by atoms with Gasteiger partial charge in [0.05, 0.1) is 0 Å². The van der Waals surface area contributed by atoms with Gasteiger partial charge in [0.2, 0.25) is 0 Å². The van der Waals surface area contributed by atoms with Gasteiger partial charge in [0.15, 0.2) is 0 Å². The monoisotopic (exact) mass is 548 g/mol. The first kappa shape index (κ1) is 42.1. The van der Waals surface area contributed by atoms with Gasteiger partial charge in [-0.2, -0.15) is 0 Å². The number of hydrogen-bond acceptors (Lipinski definition) is 9. The molecule has 1 fully saturated rings. The first-order valence-electron chi connectivity index (χ1n) is 16.0. The molecule has 0 amide bonds. The molecular formula is C29H73N9. The topological polar surface area (TPSA) is 178 Å². The van der Waals surface area contributed by atoms with Crippen LogP contribution in [0.5, 0.6) is 0 Å². The van der Waals surface area contributed by atoms with Crippen LogP contribution < -0.4 is 49.9 Å². The molecule has 1 heterocycles. The van der Waals surface area contributed by atoms with E-state index in [0.29, 0.717) is 6.04 Å². The van der Waals surface area contributed by atoms with Crippen LogP contribution in [0.4, 0.5) is 0 Å². The van der Waals surface area contributed by atoms with Gasteiger partial charge in [0, 0.05) is 25.7 Å². The fourth-order valence-corrected chi connectivity index (χ4v) is 3.73. The van der Waals surface area contributed by atoms with Crippen LogP contribution >= 0.6 is 0 Å². The van der Waals surface area contributed by atoms with Crippen molar-refractivity contribution in [1.82, 2.24) is 21.3 Å². The summed E-state index contributed by atoms with van der Waals surface area (Å²) in [7, 11) is 1.98. The molecule has 0 radical (unpaired) electrons. The van der Waals surface area contributed by atoms with Gasteiger partial charge in [0.25, 0.3) is 0 Å². The van der Waals surface area contributed by atoms with Crippen molar-refractivity contribution < 1.29 is 0 Å². The van der Waals surface area contributed by atoms with Gasteiger partial charge in [-0.1, -0.05) is 51.9 Å². The molecule has 9 nitrogen and oxygen atoms in total. The Morgan fingerprint density at radius 1 is 0.579 bits per heavy atom. The molecular weight excluding hydrogens is 474 g/mol. The Kier molecular flexibility index (Phi) is 48.4. The molecule has 1 saturated heterocycles. The highest BCUT2D eigenvalue weighted by Gasteiger charge is 2.08. The lowest BCUT2D eigenvalue weighted by Crippen LogP contribution is -2.39. The van der Waals surface area contributed by atoms with E-state index in [2.05, 4.69) is 28.2 Å². The fraction of sp³-hybridized carbons (Fsp3) is 1.00. The lowest BCUT2D eigenvalue weighted by molar-refractivity contribution is 0.407. The van der Waals surface area contributed by atoms with Gasteiger partial charge in [0.1, 0.15) is 0 Å². The quantitative estimate of drug-likeness (QED) is 0.0916. The van der Waals surface area contributed by atoms with Gasteiger partial charge in [-0.05, 0) is 111 Å². The van der Waals surface area contributed by atoms with Crippen molar-refractivity contribution in [3.05, 3.63) is 0 Å². The number of hydrogen-bond donors (Lipinski definition) is 9. The summed E-state index contributed by atoms with van der Waals surface area (Å²) in [6.45, 7) is 12.8. The summed E-state index contributed by atoms with van der Waals surface area (Å²) < 4.78 is 0. The highest BCUT2D eigenvalue weighted by molar-refractivity contribution is 4.71. The predicted molar refractivity (Wildman–Crippen MR) is 172 cm³/mol. The van der Waals surface area contributed by atoms with Crippen LogP contribution in [0.1, 0.15) is 103 Å². The van der Waals surface area contributed by atoms with Crippen molar-refractivity contribution >= 4 is 0 Å². The molecule has 9 heteroatoms.